The summed E-state index contributed by atoms with van der Waals surface area (Å²) in [6.45, 7) is 5.71. The van der Waals surface area contributed by atoms with Crippen molar-refractivity contribution >= 4 is 23.2 Å². The average Bonchev–Trinajstić information content (AvgIpc) is 2.60. The second-order valence-electron chi connectivity index (χ2n) is 6.17. The molecule has 0 saturated heterocycles. The third-order valence-corrected chi connectivity index (χ3v) is 3.87. The van der Waals surface area contributed by atoms with Crippen molar-refractivity contribution in [3.8, 4) is 5.75 Å². The number of carbonyl (C=O) groups is 2. The quantitative estimate of drug-likeness (QED) is 0.713. The molecule has 2 aromatic rings. The zero-order chi connectivity index (χ0) is 19.1. The van der Waals surface area contributed by atoms with Crippen LogP contribution in [0.25, 0.3) is 0 Å². The molecule has 2 rings (SSSR count). The Labute approximate surface area is 153 Å². The number of ether oxygens (including phenoxy) is 1. The SMILES string of the molecule is COc1ccc(NC(C)=O)cc1N[C@H](C)C(=O)NCc1ccc(C)cc1. The lowest BCUT2D eigenvalue weighted by molar-refractivity contribution is -0.121. The van der Waals surface area contributed by atoms with Crippen molar-refractivity contribution in [3.63, 3.8) is 0 Å². The number of nitrogens with one attached hydrogen (secondary N) is 3. The molecule has 0 fully saturated rings. The smallest absolute Gasteiger partial charge is 0.242 e. The fourth-order valence-electron chi connectivity index (χ4n) is 2.45. The van der Waals surface area contributed by atoms with Gasteiger partial charge in [-0.15, -0.1) is 0 Å². The summed E-state index contributed by atoms with van der Waals surface area (Å²) >= 11 is 0. The Morgan fingerprint density at radius 2 is 1.81 bits per heavy atom. The minimum absolute atomic E-state index is 0.127. The predicted molar refractivity (Wildman–Crippen MR) is 103 cm³/mol. The van der Waals surface area contributed by atoms with Gasteiger partial charge in [0.1, 0.15) is 11.8 Å². The molecule has 6 nitrogen and oxygen atoms in total. The van der Waals surface area contributed by atoms with Crippen molar-refractivity contribution in [2.45, 2.75) is 33.4 Å². The Kier molecular flexibility index (Phi) is 6.60. The van der Waals surface area contributed by atoms with Crippen LogP contribution in [0.1, 0.15) is 25.0 Å². The van der Waals surface area contributed by atoms with Gasteiger partial charge in [-0.3, -0.25) is 9.59 Å². The molecule has 0 aliphatic rings. The second kappa shape index (κ2) is 8.89. The maximum absolute atomic E-state index is 12.4. The number of aryl methyl sites for hydroxylation is 1. The van der Waals surface area contributed by atoms with Crippen molar-refractivity contribution in [3.05, 3.63) is 53.6 Å². The van der Waals surface area contributed by atoms with Crippen LogP contribution in [-0.2, 0) is 16.1 Å². The summed E-state index contributed by atoms with van der Waals surface area (Å²) < 4.78 is 5.32. The van der Waals surface area contributed by atoms with Crippen LogP contribution in [0.5, 0.6) is 5.75 Å². The largest absolute Gasteiger partial charge is 0.495 e. The van der Waals surface area contributed by atoms with E-state index in [1.54, 1.807) is 32.2 Å². The highest BCUT2D eigenvalue weighted by molar-refractivity contribution is 5.90. The molecule has 138 valence electrons. The minimum Gasteiger partial charge on any atom is -0.495 e. The molecule has 26 heavy (non-hydrogen) atoms. The molecule has 0 saturated carbocycles. The van der Waals surface area contributed by atoms with Crippen molar-refractivity contribution in [2.24, 2.45) is 0 Å². The molecule has 0 radical (unpaired) electrons. The molecule has 0 heterocycles. The van der Waals surface area contributed by atoms with E-state index >= 15 is 0 Å². The highest BCUT2D eigenvalue weighted by Gasteiger charge is 2.15. The van der Waals surface area contributed by atoms with E-state index in [1.807, 2.05) is 31.2 Å². The van der Waals surface area contributed by atoms with Gasteiger partial charge in [0.2, 0.25) is 11.8 Å². The van der Waals surface area contributed by atoms with Gasteiger partial charge in [-0.2, -0.15) is 0 Å². The number of methoxy groups -OCH3 is 1. The lowest BCUT2D eigenvalue weighted by Crippen LogP contribution is -2.37. The van der Waals surface area contributed by atoms with Crippen LogP contribution in [0.2, 0.25) is 0 Å². The van der Waals surface area contributed by atoms with Gasteiger partial charge in [0.25, 0.3) is 0 Å². The highest BCUT2D eigenvalue weighted by atomic mass is 16.5. The molecule has 2 aromatic carbocycles. The fraction of sp³-hybridized carbons (Fsp3) is 0.300. The first-order chi connectivity index (χ1) is 12.4. The zero-order valence-electron chi connectivity index (χ0n) is 15.6. The topological polar surface area (TPSA) is 79.5 Å². The third kappa shape index (κ3) is 5.51. The first kappa shape index (κ1) is 19.3. The van der Waals surface area contributed by atoms with Gasteiger partial charge >= 0.3 is 0 Å². The molecule has 2 amide bonds. The summed E-state index contributed by atoms with van der Waals surface area (Å²) in [6, 6.07) is 12.8. The van der Waals surface area contributed by atoms with Crippen LogP contribution in [0, 0.1) is 6.92 Å². The van der Waals surface area contributed by atoms with Crippen molar-refractivity contribution in [2.75, 3.05) is 17.7 Å². The Balaban J connectivity index is 2.00. The van der Waals surface area contributed by atoms with E-state index in [1.165, 1.54) is 12.5 Å². The number of hydrogen-bond acceptors (Lipinski definition) is 4. The molecule has 3 N–H and O–H groups in total. The number of hydrogen-bond donors (Lipinski definition) is 3. The van der Waals surface area contributed by atoms with Gasteiger partial charge in [0, 0.05) is 19.2 Å². The predicted octanol–water partition coefficient (Wildman–Crippen LogP) is 3.08. The number of amides is 2. The number of carbonyl (C=O) groups excluding carboxylic acids is 2. The van der Waals surface area contributed by atoms with E-state index in [2.05, 4.69) is 16.0 Å². The van der Waals surface area contributed by atoms with E-state index in [9.17, 15) is 9.59 Å². The molecule has 0 unspecified atom stereocenters. The van der Waals surface area contributed by atoms with Crippen LogP contribution < -0.4 is 20.7 Å². The first-order valence-electron chi connectivity index (χ1n) is 8.44. The Morgan fingerprint density at radius 3 is 2.42 bits per heavy atom. The zero-order valence-corrected chi connectivity index (χ0v) is 15.6. The van der Waals surface area contributed by atoms with Crippen molar-refractivity contribution in [1.82, 2.24) is 5.32 Å². The summed E-state index contributed by atoms with van der Waals surface area (Å²) in [5.74, 6) is 0.305. The number of benzene rings is 2. The van der Waals surface area contributed by atoms with E-state index in [0.29, 0.717) is 23.7 Å². The first-order valence-corrected chi connectivity index (χ1v) is 8.44. The summed E-state index contributed by atoms with van der Waals surface area (Å²) in [4.78, 5) is 23.6. The normalized spacial score (nSPS) is 11.4. The fourth-order valence-corrected chi connectivity index (χ4v) is 2.45. The lowest BCUT2D eigenvalue weighted by Gasteiger charge is -2.18. The van der Waals surface area contributed by atoms with E-state index in [0.717, 1.165) is 5.56 Å². The number of rotatable bonds is 7. The molecule has 0 spiro atoms. The van der Waals surface area contributed by atoms with Gasteiger partial charge in [-0.25, -0.2) is 0 Å². The van der Waals surface area contributed by atoms with Gasteiger partial charge in [0.05, 0.1) is 12.8 Å². The van der Waals surface area contributed by atoms with E-state index in [4.69, 9.17) is 4.74 Å². The Hall–Kier alpha value is -3.02. The molecule has 1 atom stereocenters. The summed E-state index contributed by atoms with van der Waals surface area (Å²) in [5, 5.41) is 8.76. The van der Waals surface area contributed by atoms with Gasteiger partial charge in [-0.05, 0) is 37.6 Å². The van der Waals surface area contributed by atoms with Crippen molar-refractivity contribution in [1.29, 1.82) is 0 Å². The monoisotopic (exact) mass is 355 g/mol. The number of anilines is 2. The second-order valence-corrected chi connectivity index (χ2v) is 6.17. The van der Waals surface area contributed by atoms with Crippen LogP contribution in [-0.4, -0.2) is 25.0 Å². The van der Waals surface area contributed by atoms with E-state index < -0.39 is 6.04 Å². The van der Waals surface area contributed by atoms with E-state index in [-0.39, 0.29) is 11.8 Å². The average molecular weight is 355 g/mol. The maximum Gasteiger partial charge on any atom is 0.242 e. The van der Waals surface area contributed by atoms with Gasteiger partial charge in [0.15, 0.2) is 0 Å². The van der Waals surface area contributed by atoms with Gasteiger partial charge in [-0.1, -0.05) is 29.8 Å². The molecular weight excluding hydrogens is 330 g/mol. The molecule has 0 bridgehead atoms. The molecule has 6 heteroatoms. The summed E-state index contributed by atoms with van der Waals surface area (Å²) in [5.41, 5.74) is 3.49. The molecule has 0 aromatic heterocycles. The Bertz CT molecular complexity index is 772. The maximum atomic E-state index is 12.4. The summed E-state index contributed by atoms with van der Waals surface area (Å²) in [6.07, 6.45) is 0. The minimum atomic E-state index is -0.470. The molecule has 0 aliphatic heterocycles. The van der Waals surface area contributed by atoms with Crippen LogP contribution in [0.15, 0.2) is 42.5 Å². The molecule has 0 aliphatic carbocycles. The summed E-state index contributed by atoms with van der Waals surface area (Å²) in [7, 11) is 1.56. The molecular formula is C20H25N3O3. The Morgan fingerprint density at radius 1 is 1.12 bits per heavy atom. The standard InChI is InChI=1S/C20H25N3O3/c1-13-5-7-16(8-6-13)12-21-20(25)14(2)22-18-11-17(23-15(3)24)9-10-19(18)26-4/h5-11,14,22H,12H2,1-4H3,(H,21,25)(H,23,24)/t14-/m1/s1. The third-order valence-electron chi connectivity index (χ3n) is 3.87. The van der Waals surface area contributed by atoms with Gasteiger partial charge < -0.3 is 20.7 Å². The highest BCUT2D eigenvalue weighted by Crippen LogP contribution is 2.28. The van der Waals surface area contributed by atoms with Crippen LogP contribution in [0.3, 0.4) is 0 Å². The van der Waals surface area contributed by atoms with Crippen LogP contribution >= 0.6 is 0 Å². The van der Waals surface area contributed by atoms with Crippen LogP contribution in [0.4, 0.5) is 11.4 Å². The lowest BCUT2D eigenvalue weighted by atomic mass is 10.1. The van der Waals surface area contributed by atoms with Crippen molar-refractivity contribution < 1.29 is 14.3 Å².